The topological polar surface area (TPSA) is 85.3 Å². The van der Waals surface area contributed by atoms with Crippen molar-refractivity contribution in [2.75, 3.05) is 26.2 Å². The van der Waals surface area contributed by atoms with Gasteiger partial charge in [0.2, 0.25) is 0 Å². The number of para-hydroxylation sites is 2. The van der Waals surface area contributed by atoms with Gasteiger partial charge in [0.15, 0.2) is 5.96 Å². The predicted octanol–water partition coefficient (Wildman–Crippen LogP) is 3.38. The highest BCUT2D eigenvalue weighted by atomic mass is 16.3. The summed E-state index contributed by atoms with van der Waals surface area (Å²) in [6, 6.07) is 8.15. The number of aryl methyl sites for hydroxylation is 1. The molecule has 1 fully saturated rings. The summed E-state index contributed by atoms with van der Waals surface area (Å²) in [5.74, 6) is 1.92. The summed E-state index contributed by atoms with van der Waals surface area (Å²) in [5.41, 5.74) is 2.31. The third-order valence-corrected chi connectivity index (χ3v) is 5.79. The second-order valence-electron chi connectivity index (χ2n) is 7.96. The van der Waals surface area contributed by atoms with Crippen molar-refractivity contribution >= 4 is 17.0 Å². The lowest BCUT2D eigenvalue weighted by atomic mass is 9.72. The van der Waals surface area contributed by atoms with Gasteiger partial charge in [0.25, 0.3) is 0 Å². The Morgan fingerprint density at radius 1 is 1.21 bits per heavy atom. The molecule has 1 aromatic carbocycles. The van der Waals surface area contributed by atoms with Crippen molar-refractivity contribution in [3.63, 3.8) is 0 Å². The molecule has 6 nitrogen and oxygen atoms in total. The molecule has 0 spiro atoms. The molecule has 0 amide bonds. The number of imidazole rings is 1. The third-order valence-electron chi connectivity index (χ3n) is 5.79. The molecule has 0 atom stereocenters. The van der Waals surface area contributed by atoms with Crippen LogP contribution in [0.1, 0.15) is 57.7 Å². The quantitative estimate of drug-likeness (QED) is 0.303. The highest BCUT2D eigenvalue weighted by molar-refractivity contribution is 5.79. The Bertz CT molecular complexity index is 710. The van der Waals surface area contributed by atoms with Crippen LogP contribution < -0.4 is 10.6 Å². The van der Waals surface area contributed by atoms with Crippen molar-refractivity contribution in [3.8, 4) is 0 Å². The number of hydrogen-bond acceptors (Lipinski definition) is 3. The van der Waals surface area contributed by atoms with E-state index < -0.39 is 0 Å². The van der Waals surface area contributed by atoms with Gasteiger partial charge in [-0.05, 0) is 50.2 Å². The van der Waals surface area contributed by atoms with E-state index in [0.717, 1.165) is 61.7 Å². The molecule has 1 saturated carbocycles. The van der Waals surface area contributed by atoms with Crippen LogP contribution in [0.2, 0.25) is 0 Å². The lowest BCUT2D eigenvalue weighted by Crippen LogP contribution is -2.39. The van der Waals surface area contributed by atoms with Crippen molar-refractivity contribution in [3.05, 3.63) is 30.1 Å². The lowest BCUT2D eigenvalue weighted by Gasteiger charge is -2.35. The highest BCUT2D eigenvalue weighted by Crippen LogP contribution is 2.39. The Kier molecular flexibility index (Phi) is 7.71. The van der Waals surface area contributed by atoms with Crippen LogP contribution in [0.15, 0.2) is 29.3 Å². The van der Waals surface area contributed by atoms with Crippen molar-refractivity contribution in [2.24, 2.45) is 10.4 Å². The summed E-state index contributed by atoms with van der Waals surface area (Å²) < 4.78 is 0. The van der Waals surface area contributed by atoms with Crippen LogP contribution in [0, 0.1) is 5.41 Å². The van der Waals surface area contributed by atoms with Crippen molar-refractivity contribution in [1.29, 1.82) is 0 Å². The molecule has 0 bridgehead atoms. The first-order valence-electron chi connectivity index (χ1n) is 10.8. The van der Waals surface area contributed by atoms with Crippen molar-refractivity contribution in [2.45, 2.75) is 58.3 Å². The van der Waals surface area contributed by atoms with Crippen molar-refractivity contribution in [1.82, 2.24) is 20.6 Å². The summed E-state index contributed by atoms with van der Waals surface area (Å²) >= 11 is 0. The van der Waals surface area contributed by atoms with E-state index in [0.29, 0.717) is 0 Å². The van der Waals surface area contributed by atoms with Gasteiger partial charge >= 0.3 is 0 Å². The number of H-pyrrole nitrogens is 1. The van der Waals surface area contributed by atoms with Gasteiger partial charge in [-0.3, -0.25) is 4.99 Å². The van der Waals surface area contributed by atoms with Crippen LogP contribution in [-0.4, -0.2) is 47.3 Å². The molecule has 1 aliphatic rings. The van der Waals surface area contributed by atoms with Crippen LogP contribution in [0.4, 0.5) is 0 Å². The molecular formula is C22H35N5O. The van der Waals surface area contributed by atoms with Gasteiger partial charge in [-0.15, -0.1) is 0 Å². The van der Waals surface area contributed by atoms with Gasteiger partial charge < -0.3 is 20.7 Å². The first-order valence-corrected chi connectivity index (χ1v) is 10.8. The molecular weight excluding hydrogens is 350 g/mol. The number of aromatic nitrogens is 2. The molecule has 4 N–H and O–H groups in total. The van der Waals surface area contributed by atoms with Gasteiger partial charge in [0, 0.05) is 32.7 Å². The molecule has 1 aromatic heterocycles. The van der Waals surface area contributed by atoms with E-state index in [4.69, 9.17) is 4.99 Å². The Balaban J connectivity index is 1.49. The Hall–Kier alpha value is -2.08. The van der Waals surface area contributed by atoms with Gasteiger partial charge in [-0.2, -0.15) is 0 Å². The maximum Gasteiger partial charge on any atom is 0.191 e. The van der Waals surface area contributed by atoms with Gasteiger partial charge in [0.05, 0.1) is 11.0 Å². The van der Waals surface area contributed by atoms with E-state index in [2.05, 4.69) is 33.6 Å². The Morgan fingerprint density at radius 3 is 2.79 bits per heavy atom. The zero-order valence-corrected chi connectivity index (χ0v) is 17.1. The maximum atomic E-state index is 9.50. The molecule has 2 aromatic rings. The van der Waals surface area contributed by atoms with E-state index in [1.165, 1.54) is 32.1 Å². The molecule has 3 rings (SSSR count). The fourth-order valence-corrected chi connectivity index (χ4v) is 4.20. The van der Waals surface area contributed by atoms with Gasteiger partial charge in [-0.25, -0.2) is 4.98 Å². The zero-order chi connectivity index (χ0) is 19.7. The molecule has 28 heavy (non-hydrogen) atoms. The van der Waals surface area contributed by atoms with Crippen LogP contribution in [0.25, 0.3) is 11.0 Å². The fraction of sp³-hybridized carbons (Fsp3) is 0.636. The summed E-state index contributed by atoms with van der Waals surface area (Å²) in [6.07, 6.45) is 8.97. The monoisotopic (exact) mass is 385 g/mol. The third kappa shape index (κ3) is 5.71. The highest BCUT2D eigenvalue weighted by Gasteiger charge is 2.31. The predicted molar refractivity (Wildman–Crippen MR) is 116 cm³/mol. The lowest BCUT2D eigenvalue weighted by molar-refractivity contribution is 0.137. The molecule has 0 radical (unpaired) electrons. The number of nitrogens with one attached hydrogen (secondary N) is 3. The van der Waals surface area contributed by atoms with E-state index in [9.17, 15) is 5.11 Å². The number of benzene rings is 1. The summed E-state index contributed by atoms with van der Waals surface area (Å²) in [6.45, 7) is 4.86. The maximum absolute atomic E-state index is 9.50. The fourth-order valence-electron chi connectivity index (χ4n) is 4.20. The number of fused-ring (bicyclic) bond motifs is 1. The second-order valence-corrected chi connectivity index (χ2v) is 7.96. The van der Waals surface area contributed by atoms with E-state index >= 15 is 0 Å². The normalized spacial score (nSPS) is 17.0. The minimum absolute atomic E-state index is 0.184. The number of rotatable bonds is 9. The molecule has 1 aliphatic carbocycles. The minimum Gasteiger partial charge on any atom is -0.396 e. The molecule has 6 heteroatoms. The van der Waals surface area contributed by atoms with Crippen LogP contribution in [0.5, 0.6) is 0 Å². The largest absolute Gasteiger partial charge is 0.396 e. The number of aliphatic imine (C=N–C) groups is 1. The molecule has 0 unspecified atom stereocenters. The van der Waals surface area contributed by atoms with Crippen molar-refractivity contribution < 1.29 is 5.11 Å². The number of guanidine groups is 1. The zero-order valence-electron chi connectivity index (χ0n) is 17.1. The number of nitrogens with zero attached hydrogens (tertiary/aromatic N) is 2. The number of aromatic amines is 1. The van der Waals surface area contributed by atoms with Gasteiger partial charge in [-0.1, -0.05) is 31.4 Å². The summed E-state index contributed by atoms with van der Waals surface area (Å²) in [7, 11) is 0. The van der Waals surface area contributed by atoms with Crippen LogP contribution >= 0.6 is 0 Å². The average Bonchev–Trinajstić information content (AvgIpc) is 3.13. The standard InChI is InChI=1S/C22H35N5O/c1-2-23-21(25-17-22(14-16-28)12-6-3-7-13-22)24-15-8-11-20-26-18-9-4-5-10-19(18)27-20/h4-5,9-10,28H,2-3,6-8,11-17H2,1H3,(H,26,27)(H2,23,24,25). The van der Waals surface area contributed by atoms with Gasteiger partial charge in [0.1, 0.15) is 5.82 Å². The van der Waals surface area contributed by atoms with E-state index in [1.54, 1.807) is 0 Å². The SMILES string of the molecule is CCNC(=NCC1(CCO)CCCCC1)NCCCc1nc2ccccc2[nH]1. The average molecular weight is 386 g/mol. The second kappa shape index (κ2) is 10.5. The van der Waals surface area contributed by atoms with Crippen LogP contribution in [0.3, 0.4) is 0 Å². The minimum atomic E-state index is 0.184. The number of hydrogen-bond donors (Lipinski definition) is 4. The first-order chi connectivity index (χ1) is 13.7. The summed E-state index contributed by atoms with van der Waals surface area (Å²) in [4.78, 5) is 12.9. The number of aliphatic hydroxyl groups is 1. The number of aliphatic hydroxyl groups excluding tert-OH is 1. The molecule has 0 aliphatic heterocycles. The van der Waals surface area contributed by atoms with E-state index in [1.807, 2.05) is 18.2 Å². The smallest absolute Gasteiger partial charge is 0.191 e. The van der Waals surface area contributed by atoms with E-state index in [-0.39, 0.29) is 12.0 Å². The summed E-state index contributed by atoms with van der Waals surface area (Å²) in [5, 5.41) is 16.3. The first kappa shape index (κ1) is 20.6. The van der Waals surface area contributed by atoms with Crippen LogP contribution in [-0.2, 0) is 6.42 Å². The Morgan fingerprint density at radius 2 is 2.04 bits per heavy atom. The Labute approximate surface area is 168 Å². The molecule has 154 valence electrons. The molecule has 1 heterocycles. The molecule has 0 saturated heterocycles.